The molecule has 0 bridgehead atoms. The summed E-state index contributed by atoms with van der Waals surface area (Å²) in [7, 11) is 0. The first-order chi connectivity index (χ1) is 6.77. The second-order valence-electron chi connectivity index (χ2n) is 3.02. The molecule has 2 rings (SSSR count). The Morgan fingerprint density at radius 3 is 2.93 bits per heavy atom. The molecule has 0 aliphatic carbocycles. The topological polar surface area (TPSA) is 46.0 Å². The molecule has 0 aliphatic heterocycles. The lowest BCUT2D eigenvalue weighted by molar-refractivity contribution is 0.219. The molecule has 1 N–H and O–H groups in total. The van der Waals surface area contributed by atoms with Crippen molar-refractivity contribution in [2.24, 2.45) is 0 Å². The predicted molar refractivity (Wildman–Crippen MR) is 55.1 cm³/mol. The van der Waals surface area contributed by atoms with Crippen molar-refractivity contribution in [1.82, 2.24) is 9.97 Å². The van der Waals surface area contributed by atoms with E-state index < -0.39 is 6.10 Å². The number of rotatable bonds is 2. The zero-order chi connectivity index (χ0) is 9.97. The number of aryl methyl sites for hydroxylation is 1. The predicted octanol–water partition coefficient (Wildman–Crippen LogP) is 1.93. The van der Waals surface area contributed by atoms with Crippen LogP contribution < -0.4 is 0 Å². The van der Waals surface area contributed by atoms with Crippen molar-refractivity contribution in [2.45, 2.75) is 13.0 Å². The van der Waals surface area contributed by atoms with Crippen LogP contribution in [0.25, 0.3) is 0 Å². The summed E-state index contributed by atoms with van der Waals surface area (Å²) in [6.45, 7) is 1.91. The molecule has 14 heavy (non-hydrogen) atoms. The Balaban J connectivity index is 2.29. The maximum absolute atomic E-state index is 9.91. The summed E-state index contributed by atoms with van der Waals surface area (Å²) in [6.07, 6.45) is 2.69. The molecule has 0 amide bonds. The SMILES string of the molecule is Cc1csc(C(O)c2cccnc2)n1. The van der Waals surface area contributed by atoms with Crippen LogP contribution in [0.5, 0.6) is 0 Å². The Kier molecular flexibility index (Phi) is 2.56. The van der Waals surface area contributed by atoms with Crippen LogP contribution in [0.1, 0.15) is 22.4 Å². The molecule has 2 aromatic heterocycles. The van der Waals surface area contributed by atoms with Crippen molar-refractivity contribution >= 4 is 11.3 Å². The number of hydrogen-bond acceptors (Lipinski definition) is 4. The first kappa shape index (κ1) is 9.30. The van der Waals surface area contributed by atoms with E-state index >= 15 is 0 Å². The molecule has 0 aromatic carbocycles. The molecule has 1 unspecified atom stereocenters. The minimum absolute atomic E-state index is 0.651. The molecule has 4 heteroatoms. The smallest absolute Gasteiger partial charge is 0.132 e. The summed E-state index contributed by atoms with van der Waals surface area (Å²) in [5.41, 5.74) is 1.72. The van der Waals surface area contributed by atoms with Gasteiger partial charge in [0.05, 0.1) is 0 Å². The lowest BCUT2D eigenvalue weighted by Gasteiger charge is -2.05. The highest BCUT2D eigenvalue weighted by Crippen LogP contribution is 2.23. The van der Waals surface area contributed by atoms with Crippen LogP contribution in [-0.4, -0.2) is 15.1 Å². The molecule has 0 fully saturated rings. The summed E-state index contributed by atoms with van der Waals surface area (Å²) in [4.78, 5) is 8.18. The first-order valence-corrected chi connectivity index (χ1v) is 5.15. The number of aromatic nitrogens is 2. The van der Waals surface area contributed by atoms with Crippen LogP contribution in [0.4, 0.5) is 0 Å². The van der Waals surface area contributed by atoms with Gasteiger partial charge < -0.3 is 5.11 Å². The van der Waals surface area contributed by atoms with E-state index in [0.717, 1.165) is 16.3 Å². The minimum atomic E-state index is -0.651. The molecule has 72 valence electrons. The summed E-state index contributed by atoms with van der Waals surface area (Å²) < 4.78 is 0. The Morgan fingerprint density at radius 1 is 1.50 bits per heavy atom. The average molecular weight is 206 g/mol. The van der Waals surface area contributed by atoms with Crippen molar-refractivity contribution in [3.63, 3.8) is 0 Å². The van der Waals surface area contributed by atoms with Crippen molar-refractivity contribution in [3.8, 4) is 0 Å². The van der Waals surface area contributed by atoms with Crippen molar-refractivity contribution in [3.05, 3.63) is 46.2 Å². The number of aliphatic hydroxyl groups excluding tert-OH is 1. The summed E-state index contributed by atoms with van der Waals surface area (Å²) in [5, 5.41) is 12.6. The van der Waals surface area contributed by atoms with E-state index in [-0.39, 0.29) is 0 Å². The fourth-order valence-corrected chi connectivity index (χ4v) is 1.98. The second kappa shape index (κ2) is 3.86. The highest BCUT2D eigenvalue weighted by Gasteiger charge is 2.13. The van der Waals surface area contributed by atoms with Gasteiger partial charge in [0.25, 0.3) is 0 Å². The largest absolute Gasteiger partial charge is 0.381 e. The zero-order valence-corrected chi connectivity index (χ0v) is 8.53. The Morgan fingerprint density at radius 2 is 2.36 bits per heavy atom. The molecular weight excluding hydrogens is 196 g/mol. The highest BCUT2D eigenvalue weighted by molar-refractivity contribution is 7.09. The third kappa shape index (κ3) is 1.81. The van der Waals surface area contributed by atoms with Crippen LogP contribution in [-0.2, 0) is 0 Å². The van der Waals surface area contributed by atoms with Crippen LogP contribution in [0.3, 0.4) is 0 Å². The molecule has 3 nitrogen and oxygen atoms in total. The normalized spacial score (nSPS) is 12.7. The van der Waals surface area contributed by atoms with Gasteiger partial charge in [0, 0.05) is 29.0 Å². The monoisotopic (exact) mass is 206 g/mol. The second-order valence-corrected chi connectivity index (χ2v) is 3.91. The van der Waals surface area contributed by atoms with E-state index in [9.17, 15) is 5.11 Å². The van der Waals surface area contributed by atoms with Gasteiger partial charge >= 0.3 is 0 Å². The summed E-state index contributed by atoms with van der Waals surface area (Å²) in [5.74, 6) is 0. The molecule has 0 aliphatic rings. The number of aliphatic hydroxyl groups is 1. The molecule has 2 aromatic rings. The van der Waals surface area contributed by atoms with Crippen LogP contribution >= 0.6 is 11.3 Å². The van der Waals surface area contributed by atoms with E-state index in [1.807, 2.05) is 18.4 Å². The maximum atomic E-state index is 9.91. The fraction of sp³-hybridized carbons (Fsp3) is 0.200. The zero-order valence-electron chi connectivity index (χ0n) is 7.71. The number of thiazole rings is 1. The minimum Gasteiger partial charge on any atom is -0.381 e. The summed E-state index contributed by atoms with van der Waals surface area (Å²) in [6, 6.07) is 3.65. The molecule has 0 saturated carbocycles. The first-order valence-electron chi connectivity index (χ1n) is 4.27. The van der Waals surface area contributed by atoms with Crippen LogP contribution in [0.2, 0.25) is 0 Å². The molecule has 0 spiro atoms. The molecular formula is C10H10N2OS. The van der Waals surface area contributed by atoms with Gasteiger partial charge in [-0.2, -0.15) is 0 Å². The number of nitrogens with zero attached hydrogens (tertiary/aromatic N) is 2. The van der Waals surface area contributed by atoms with Crippen molar-refractivity contribution in [1.29, 1.82) is 0 Å². The van der Waals surface area contributed by atoms with Gasteiger partial charge in [-0.3, -0.25) is 4.98 Å². The van der Waals surface area contributed by atoms with Gasteiger partial charge in [-0.15, -0.1) is 11.3 Å². The van der Waals surface area contributed by atoms with Crippen molar-refractivity contribution < 1.29 is 5.11 Å². The third-order valence-electron chi connectivity index (χ3n) is 1.87. The van der Waals surface area contributed by atoms with E-state index in [1.54, 1.807) is 18.5 Å². The number of pyridine rings is 1. The Labute approximate surface area is 86.1 Å². The van der Waals surface area contributed by atoms with Gasteiger partial charge in [0.1, 0.15) is 11.1 Å². The van der Waals surface area contributed by atoms with Gasteiger partial charge in [0.15, 0.2) is 0 Å². The van der Waals surface area contributed by atoms with Crippen LogP contribution in [0.15, 0.2) is 29.9 Å². The summed E-state index contributed by atoms with van der Waals surface area (Å²) >= 11 is 1.46. The number of hydrogen-bond donors (Lipinski definition) is 1. The van der Waals surface area contributed by atoms with E-state index in [2.05, 4.69) is 9.97 Å². The van der Waals surface area contributed by atoms with Gasteiger partial charge in [-0.05, 0) is 13.0 Å². The van der Waals surface area contributed by atoms with E-state index in [0.29, 0.717) is 0 Å². The third-order valence-corrected chi connectivity index (χ3v) is 2.89. The lowest BCUT2D eigenvalue weighted by Crippen LogP contribution is -1.99. The maximum Gasteiger partial charge on any atom is 0.132 e. The molecule has 2 heterocycles. The highest BCUT2D eigenvalue weighted by atomic mass is 32.1. The van der Waals surface area contributed by atoms with Gasteiger partial charge in [-0.1, -0.05) is 6.07 Å². The standard InChI is InChI=1S/C10H10N2OS/c1-7-6-14-10(12-7)9(13)8-3-2-4-11-5-8/h2-6,9,13H,1H3. The quantitative estimate of drug-likeness (QED) is 0.816. The molecule has 1 atom stereocenters. The van der Waals surface area contributed by atoms with Crippen molar-refractivity contribution in [2.75, 3.05) is 0 Å². The Bertz CT molecular complexity index is 413. The van der Waals surface area contributed by atoms with E-state index in [1.165, 1.54) is 11.3 Å². The van der Waals surface area contributed by atoms with E-state index in [4.69, 9.17) is 0 Å². The average Bonchev–Trinajstić information content (AvgIpc) is 2.65. The Hall–Kier alpha value is -1.26. The fourth-order valence-electron chi connectivity index (χ4n) is 1.18. The molecule has 0 radical (unpaired) electrons. The lowest BCUT2D eigenvalue weighted by atomic mass is 10.2. The van der Waals surface area contributed by atoms with Gasteiger partial charge in [-0.25, -0.2) is 4.98 Å². The van der Waals surface area contributed by atoms with Gasteiger partial charge in [0.2, 0.25) is 0 Å². The molecule has 0 saturated heterocycles. The van der Waals surface area contributed by atoms with Crippen LogP contribution in [0, 0.1) is 6.92 Å².